The monoisotopic (exact) mass is 376 g/mol. The molecule has 2 aromatic carbocycles. The molecule has 3 rings (SSSR count). The lowest BCUT2D eigenvalue weighted by molar-refractivity contribution is 0.415. The van der Waals surface area contributed by atoms with E-state index < -0.39 is 15.8 Å². The van der Waals surface area contributed by atoms with Crippen LogP contribution in [0.2, 0.25) is 0 Å². The zero-order chi connectivity index (χ0) is 18.9. The van der Waals surface area contributed by atoms with E-state index in [-0.39, 0.29) is 28.1 Å². The van der Waals surface area contributed by atoms with E-state index in [1.54, 1.807) is 24.3 Å². The lowest BCUT2D eigenvalue weighted by Crippen LogP contribution is -2.27. The maximum atomic E-state index is 13.2. The van der Waals surface area contributed by atoms with Crippen molar-refractivity contribution in [1.82, 2.24) is 9.71 Å². The number of nitrogens with one attached hydrogen (secondary N) is 2. The van der Waals surface area contributed by atoms with Gasteiger partial charge >= 0.3 is 0 Å². The van der Waals surface area contributed by atoms with Gasteiger partial charge in [-0.05, 0) is 55.0 Å². The van der Waals surface area contributed by atoms with Gasteiger partial charge in [0.2, 0.25) is 10.0 Å². The van der Waals surface area contributed by atoms with E-state index >= 15 is 0 Å². The summed E-state index contributed by atoms with van der Waals surface area (Å²) in [4.78, 5) is 14.9. The molecule has 0 aliphatic carbocycles. The Hall–Kier alpha value is -2.71. The Morgan fingerprint density at radius 2 is 1.92 bits per heavy atom. The van der Waals surface area contributed by atoms with Gasteiger partial charge in [0, 0.05) is 23.0 Å². The van der Waals surface area contributed by atoms with E-state index in [1.807, 2.05) is 0 Å². The summed E-state index contributed by atoms with van der Waals surface area (Å²) in [5.74, 6) is 0.111. The van der Waals surface area contributed by atoms with Crippen LogP contribution in [-0.4, -0.2) is 20.5 Å². The molecule has 0 unspecified atom stereocenters. The molecule has 0 atom stereocenters. The Kier molecular flexibility index (Phi) is 4.80. The highest BCUT2D eigenvalue weighted by atomic mass is 32.2. The number of benzene rings is 2. The Morgan fingerprint density at radius 1 is 1.15 bits per heavy atom. The topological polar surface area (TPSA) is 88.3 Å². The average molecular weight is 376 g/mol. The van der Waals surface area contributed by atoms with Crippen LogP contribution in [0.25, 0.3) is 10.9 Å². The molecule has 0 radical (unpaired) electrons. The van der Waals surface area contributed by atoms with Gasteiger partial charge in [0.05, 0.1) is 12.0 Å². The van der Waals surface area contributed by atoms with Crippen molar-refractivity contribution in [3.8, 4) is 5.75 Å². The van der Waals surface area contributed by atoms with E-state index in [9.17, 15) is 17.6 Å². The number of hydrogen-bond donors (Lipinski definition) is 2. The summed E-state index contributed by atoms with van der Waals surface area (Å²) < 4.78 is 45.6. The lowest BCUT2D eigenvalue weighted by Gasteiger charge is -2.10. The number of sulfonamides is 1. The fraction of sp³-hybridized carbons (Fsp3) is 0.167. The quantitative estimate of drug-likeness (QED) is 0.716. The minimum Gasteiger partial charge on any atom is -0.497 e. The van der Waals surface area contributed by atoms with Crippen molar-refractivity contribution in [3.63, 3.8) is 0 Å². The fourth-order valence-corrected chi connectivity index (χ4v) is 3.88. The molecule has 0 fully saturated rings. The Balaban J connectivity index is 1.91. The molecule has 1 aromatic heterocycles. The van der Waals surface area contributed by atoms with Gasteiger partial charge in [-0.15, -0.1) is 0 Å². The van der Waals surface area contributed by atoms with Crippen molar-refractivity contribution in [2.75, 3.05) is 7.11 Å². The smallest absolute Gasteiger partial charge is 0.252 e. The van der Waals surface area contributed by atoms with Crippen molar-refractivity contribution < 1.29 is 17.5 Å². The standard InChI is InChI=1S/C18H17FN2O4S/c1-11-7-14(19)3-6-17(11)26(23,24)20-10-13-8-12-9-15(25-2)4-5-16(12)21-18(13)22/h3-9,20H,10H2,1-2H3,(H,21,22). The average Bonchev–Trinajstić information content (AvgIpc) is 2.59. The van der Waals surface area contributed by atoms with Crippen molar-refractivity contribution >= 4 is 20.9 Å². The second-order valence-corrected chi connectivity index (χ2v) is 7.55. The maximum Gasteiger partial charge on any atom is 0.252 e. The third kappa shape index (κ3) is 3.61. The molecule has 6 nitrogen and oxygen atoms in total. The van der Waals surface area contributed by atoms with E-state index in [0.717, 1.165) is 17.5 Å². The zero-order valence-electron chi connectivity index (χ0n) is 14.2. The number of aromatic amines is 1. The van der Waals surface area contributed by atoms with Gasteiger partial charge in [-0.25, -0.2) is 17.5 Å². The van der Waals surface area contributed by atoms with E-state index in [1.165, 1.54) is 20.1 Å². The normalized spacial score (nSPS) is 11.7. The van der Waals surface area contributed by atoms with Crippen molar-refractivity contribution in [3.05, 3.63) is 69.8 Å². The SMILES string of the molecule is COc1ccc2[nH]c(=O)c(CNS(=O)(=O)c3ccc(F)cc3C)cc2c1. The van der Waals surface area contributed by atoms with Gasteiger partial charge < -0.3 is 9.72 Å². The third-order valence-electron chi connectivity index (χ3n) is 4.01. The number of H-pyrrole nitrogens is 1. The molecule has 0 saturated heterocycles. The van der Waals surface area contributed by atoms with Crippen LogP contribution in [-0.2, 0) is 16.6 Å². The van der Waals surface area contributed by atoms with E-state index in [0.29, 0.717) is 11.3 Å². The number of aryl methyl sites for hydroxylation is 1. The van der Waals surface area contributed by atoms with E-state index in [4.69, 9.17) is 4.74 Å². The molecule has 26 heavy (non-hydrogen) atoms. The molecule has 0 saturated carbocycles. The number of fused-ring (bicyclic) bond motifs is 1. The Morgan fingerprint density at radius 3 is 2.62 bits per heavy atom. The summed E-state index contributed by atoms with van der Waals surface area (Å²) in [5, 5.41) is 0.719. The summed E-state index contributed by atoms with van der Waals surface area (Å²) in [7, 11) is -2.35. The highest BCUT2D eigenvalue weighted by Crippen LogP contribution is 2.19. The molecule has 0 aliphatic heterocycles. The van der Waals surface area contributed by atoms with Gasteiger partial charge in [0.25, 0.3) is 5.56 Å². The van der Waals surface area contributed by atoms with Gasteiger partial charge in [-0.2, -0.15) is 0 Å². The van der Waals surface area contributed by atoms with Crippen LogP contribution in [0, 0.1) is 12.7 Å². The van der Waals surface area contributed by atoms with Crippen LogP contribution in [0.1, 0.15) is 11.1 Å². The molecule has 1 heterocycles. The number of methoxy groups -OCH3 is 1. The third-order valence-corrected chi connectivity index (χ3v) is 5.57. The summed E-state index contributed by atoms with van der Waals surface area (Å²) in [6.45, 7) is 1.31. The molecule has 0 aliphatic rings. The predicted molar refractivity (Wildman–Crippen MR) is 96.3 cm³/mol. The molecule has 0 bridgehead atoms. The van der Waals surface area contributed by atoms with Crippen LogP contribution >= 0.6 is 0 Å². The van der Waals surface area contributed by atoms with Crippen LogP contribution < -0.4 is 15.0 Å². The van der Waals surface area contributed by atoms with Crippen LogP contribution in [0.15, 0.2) is 52.2 Å². The second kappa shape index (κ2) is 6.89. The largest absolute Gasteiger partial charge is 0.497 e. The number of rotatable bonds is 5. The Labute approximate surface area is 149 Å². The van der Waals surface area contributed by atoms with Gasteiger partial charge in [0.1, 0.15) is 11.6 Å². The first-order valence-corrected chi connectivity index (χ1v) is 9.24. The highest BCUT2D eigenvalue weighted by Gasteiger charge is 2.17. The van der Waals surface area contributed by atoms with Gasteiger partial charge in [-0.3, -0.25) is 4.79 Å². The lowest BCUT2D eigenvalue weighted by atomic mass is 10.1. The number of pyridine rings is 1. The first-order chi connectivity index (χ1) is 12.3. The number of aromatic nitrogens is 1. The molecule has 0 spiro atoms. The van der Waals surface area contributed by atoms with Crippen LogP contribution in [0.5, 0.6) is 5.75 Å². The van der Waals surface area contributed by atoms with Crippen molar-refractivity contribution in [2.24, 2.45) is 0 Å². The minimum absolute atomic E-state index is 0.0298. The number of ether oxygens (including phenoxy) is 1. The summed E-state index contributed by atoms with van der Waals surface area (Å²) in [5.41, 5.74) is 0.779. The zero-order valence-corrected chi connectivity index (χ0v) is 15.0. The number of halogens is 1. The van der Waals surface area contributed by atoms with Crippen LogP contribution in [0.3, 0.4) is 0 Å². The molecule has 0 amide bonds. The second-order valence-electron chi connectivity index (χ2n) is 5.81. The summed E-state index contributed by atoms with van der Waals surface area (Å²) >= 11 is 0. The van der Waals surface area contributed by atoms with Crippen LogP contribution in [0.4, 0.5) is 4.39 Å². The van der Waals surface area contributed by atoms with E-state index in [2.05, 4.69) is 9.71 Å². The maximum absolute atomic E-state index is 13.2. The van der Waals surface area contributed by atoms with Gasteiger partial charge in [-0.1, -0.05) is 0 Å². The molecular formula is C18H17FN2O4S. The molecule has 3 aromatic rings. The Bertz CT molecular complexity index is 1140. The fourth-order valence-electron chi connectivity index (χ4n) is 2.65. The highest BCUT2D eigenvalue weighted by molar-refractivity contribution is 7.89. The molecule has 8 heteroatoms. The minimum atomic E-state index is -3.88. The first-order valence-electron chi connectivity index (χ1n) is 7.76. The molecular weight excluding hydrogens is 359 g/mol. The first kappa shape index (κ1) is 18.1. The van der Waals surface area contributed by atoms with Crippen molar-refractivity contribution in [1.29, 1.82) is 0 Å². The van der Waals surface area contributed by atoms with Crippen molar-refractivity contribution in [2.45, 2.75) is 18.4 Å². The number of hydrogen-bond acceptors (Lipinski definition) is 4. The summed E-state index contributed by atoms with van der Waals surface area (Å²) in [6, 6.07) is 10.2. The van der Waals surface area contributed by atoms with Gasteiger partial charge in [0.15, 0.2) is 0 Å². The molecule has 2 N–H and O–H groups in total. The predicted octanol–water partition coefficient (Wildman–Crippen LogP) is 2.46. The molecule has 136 valence electrons. The summed E-state index contributed by atoms with van der Waals surface area (Å²) in [6.07, 6.45) is 0.